The van der Waals surface area contributed by atoms with Gasteiger partial charge in [-0.2, -0.15) is 5.10 Å². The summed E-state index contributed by atoms with van der Waals surface area (Å²) < 4.78 is 1.98. The van der Waals surface area contributed by atoms with Crippen LogP contribution in [0.1, 0.15) is 38.2 Å². The molecular formula is C14H22N2O. The van der Waals surface area contributed by atoms with Gasteiger partial charge in [-0.15, -0.1) is 0 Å². The molecule has 3 rings (SSSR count). The molecule has 3 heteroatoms. The van der Waals surface area contributed by atoms with E-state index in [1.165, 1.54) is 31.2 Å². The van der Waals surface area contributed by atoms with Gasteiger partial charge in [-0.1, -0.05) is 6.42 Å². The second kappa shape index (κ2) is 4.13. The van der Waals surface area contributed by atoms with E-state index in [2.05, 4.69) is 18.2 Å². The molecule has 3 atom stereocenters. The predicted octanol–water partition coefficient (Wildman–Crippen LogP) is 2.24. The molecule has 2 aliphatic carbocycles. The SMILES string of the molecule is CCn1cc(CC2(CO)CC3CCC2C3)cn1. The van der Waals surface area contributed by atoms with Crippen molar-refractivity contribution in [3.05, 3.63) is 18.0 Å². The smallest absolute Gasteiger partial charge is 0.0521 e. The highest BCUT2D eigenvalue weighted by molar-refractivity contribution is 5.12. The van der Waals surface area contributed by atoms with E-state index in [1.807, 2.05) is 10.9 Å². The summed E-state index contributed by atoms with van der Waals surface area (Å²) in [5.41, 5.74) is 1.47. The minimum absolute atomic E-state index is 0.171. The number of nitrogens with zero attached hydrogens (tertiary/aromatic N) is 2. The first-order valence-corrected chi connectivity index (χ1v) is 6.88. The number of aryl methyl sites for hydroxylation is 1. The van der Waals surface area contributed by atoms with E-state index in [1.54, 1.807) is 0 Å². The zero-order chi connectivity index (χ0) is 11.9. The van der Waals surface area contributed by atoms with E-state index in [-0.39, 0.29) is 5.41 Å². The molecule has 1 N–H and O–H groups in total. The molecule has 3 unspecified atom stereocenters. The molecule has 2 bridgehead atoms. The first-order valence-electron chi connectivity index (χ1n) is 6.88. The molecule has 0 amide bonds. The van der Waals surface area contributed by atoms with Crippen molar-refractivity contribution in [2.24, 2.45) is 17.3 Å². The maximum absolute atomic E-state index is 9.84. The minimum Gasteiger partial charge on any atom is -0.396 e. The molecule has 94 valence electrons. The van der Waals surface area contributed by atoms with Crippen LogP contribution in [0.2, 0.25) is 0 Å². The summed E-state index contributed by atoms with van der Waals surface area (Å²) >= 11 is 0. The second-order valence-electron chi connectivity index (χ2n) is 5.98. The van der Waals surface area contributed by atoms with Crippen molar-refractivity contribution in [1.82, 2.24) is 9.78 Å². The van der Waals surface area contributed by atoms with Gasteiger partial charge in [0, 0.05) is 24.8 Å². The number of aliphatic hydroxyl groups excluding tert-OH is 1. The number of aromatic nitrogens is 2. The van der Waals surface area contributed by atoms with Gasteiger partial charge < -0.3 is 5.11 Å². The van der Waals surface area contributed by atoms with Crippen LogP contribution in [-0.4, -0.2) is 21.5 Å². The Labute approximate surface area is 103 Å². The molecule has 1 aromatic rings. The Morgan fingerprint density at radius 2 is 2.41 bits per heavy atom. The monoisotopic (exact) mass is 234 g/mol. The summed E-state index contributed by atoms with van der Waals surface area (Å²) in [4.78, 5) is 0. The van der Waals surface area contributed by atoms with Crippen LogP contribution >= 0.6 is 0 Å². The summed E-state index contributed by atoms with van der Waals surface area (Å²) in [5.74, 6) is 1.64. The molecule has 0 saturated heterocycles. The molecule has 1 aromatic heterocycles. The molecule has 0 spiro atoms. The lowest BCUT2D eigenvalue weighted by atomic mass is 9.70. The summed E-state index contributed by atoms with van der Waals surface area (Å²) in [7, 11) is 0. The number of fused-ring (bicyclic) bond motifs is 2. The van der Waals surface area contributed by atoms with Crippen molar-refractivity contribution in [2.45, 2.75) is 45.6 Å². The lowest BCUT2D eigenvalue weighted by Gasteiger charge is -2.35. The number of aliphatic hydroxyl groups is 1. The highest BCUT2D eigenvalue weighted by Gasteiger charge is 2.50. The van der Waals surface area contributed by atoms with Gasteiger partial charge in [0.25, 0.3) is 0 Å². The summed E-state index contributed by atoms with van der Waals surface area (Å²) in [5, 5.41) is 14.2. The largest absolute Gasteiger partial charge is 0.396 e. The van der Waals surface area contributed by atoms with Crippen molar-refractivity contribution >= 4 is 0 Å². The van der Waals surface area contributed by atoms with Gasteiger partial charge in [-0.3, -0.25) is 4.68 Å². The Hall–Kier alpha value is -0.830. The Bertz CT molecular complexity index is 401. The third kappa shape index (κ3) is 1.81. The minimum atomic E-state index is 0.171. The van der Waals surface area contributed by atoms with E-state index in [0.29, 0.717) is 6.61 Å². The van der Waals surface area contributed by atoms with E-state index in [9.17, 15) is 5.11 Å². The first kappa shape index (κ1) is 11.3. The molecule has 1 heterocycles. The molecular weight excluding hydrogens is 212 g/mol. The maximum atomic E-state index is 9.84. The Morgan fingerprint density at radius 1 is 1.53 bits per heavy atom. The van der Waals surface area contributed by atoms with Gasteiger partial charge in [0.15, 0.2) is 0 Å². The van der Waals surface area contributed by atoms with Crippen LogP contribution in [0.5, 0.6) is 0 Å². The second-order valence-corrected chi connectivity index (χ2v) is 5.98. The van der Waals surface area contributed by atoms with Gasteiger partial charge in [-0.25, -0.2) is 0 Å². The zero-order valence-corrected chi connectivity index (χ0v) is 10.6. The van der Waals surface area contributed by atoms with Gasteiger partial charge in [0.2, 0.25) is 0 Å². The number of hydrogen-bond donors (Lipinski definition) is 1. The van der Waals surface area contributed by atoms with E-state index in [4.69, 9.17) is 0 Å². The topological polar surface area (TPSA) is 38.0 Å². The zero-order valence-electron chi connectivity index (χ0n) is 10.6. The molecule has 0 radical (unpaired) electrons. The van der Waals surface area contributed by atoms with Crippen LogP contribution in [0.25, 0.3) is 0 Å². The third-order valence-electron chi connectivity index (χ3n) is 4.98. The first-order chi connectivity index (χ1) is 8.25. The highest BCUT2D eigenvalue weighted by atomic mass is 16.3. The van der Waals surface area contributed by atoms with Crippen molar-refractivity contribution in [3.63, 3.8) is 0 Å². The van der Waals surface area contributed by atoms with Gasteiger partial charge in [0.1, 0.15) is 0 Å². The highest BCUT2D eigenvalue weighted by Crippen LogP contribution is 2.57. The normalized spacial score (nSPS) is 35.6. The van der Waals surface area contributed by atoms with Crippen LogP contribution < -0.4 is 0 Å². The average molecular weight is 234 g/mol. The summed E-state index contributed by atoms with van der Waals surface area (Å²) in [6.45, 7) is 3.39. The summed E-state index contributed by atoms with van der Waals surface area (Å²) in [6, 6.07) is 0. The fourth-order valence-electron chi connectivity index (χ4n) is 4.10. The Morgan fingerprint density at radius 3 is 2.94 bits per heavy atom. The lowest BCUT2D eigenvalue weighted by molar-refractivity contribution is 0.0651. The molecule has 2 fully saturated rings. The Balaban J connectivity index is 1.78. The fraction of sp³-hybridized carbons (Fsp3) is 0.786. The molecule has 0 aliphatic heterocycles. The number of hydrogen-bond acceptors (Lipinski definition) is 2. The van der Waals surface area contributed by atoms with Crippen molar-refractivity contribution in [3.8, 4) is 0 Å². The summed E-state index contributed by atoms with van der Waals surface area (Å²) in [6.07, 6.45) is 10.4. The molecule has 0 aromatic carbocycles. The van der Waals surface area contributed by atoms with Gasteiger partial charge in [0.05, 0.1) is 6.20 Å². The van der Waals surface area contributed by atoms with E-state index in [0.717, 1.165) is 24.8 Å². The van der Waals surface area contributed by atoms with Crippen LogP contribution in [0.4, 0.5) is 0 Å². The van der Waals surface area contributed by atoms with Crippen molar-refractivity contribution < 1.29 is 5.11 Å². The Kier molecular flexibility index (Phi) is 2.74. The predicted molar refractivity (Wildman–Crippen MR) is 66.6 cm³/mol. The molecule has 17 heavy (non-hydrogen) atoms. The molecule has 3 nitrogen and oxygen atoms in total. The van der Waals surface area contributed by atoms with Crippen LogP contribution in [0, 0.1) is 17.3 Å². The van der Waals surface area contributed by atoms with Crippen LogP contribution in [0.3, 0.4) is 0 Å². The van der Waals surface area contributed by atoms with E-state index >= 15 is 0 Å². The third-order valence-corrected chi connectivity index (χ3v) is 4.98. The van der Waals surface area contributed by atoms with Crippen molar-refractivity contribution in [1.29, 1.82) is 0 Å². The van der Waals surface area contributed by atoms with Crippen LogP contribution in [0.15, 0.2) is 12.4 Å². The van der Waals surface area contributed by atoms with Gasteiger partial charge >= 0.3 is 0 Å². The van der Waals surface area contributed by atoms with Crippen molar-refractivity contribution in [2.75, 3.05) is 6.61 Å². The quantitative estimate of drug-likeness (QED) is 0.867. The van der Waals surface area contributed by atoms with Crippen LogP contribution in [-0.2, 0) is 13.0 Å². The lowest BCUT2D eigenvalue weighted by Crippen LogP contribution is -2.34. The molecule has 2 aliphatic rings. The fourth-order valence-corrected chi connectivity index (χ4v) is 4.10. The van der Waals surface area contributed by atoms with Gasteiger partial charge in [-0.05, 0) is 50.0 Å². The maximum Gasteiger partial charge on any atom is 0.0521 e. The average Bonchev–Trinajstić information content (AvgIpc) is 3.04. The number of rotatable bonds is 4. The molecule has 2 saturated carbocycles. The standard InChI is InChI=1S/C14H22N2O/c1-2-16-9-12(8-15-16)7-14(10-17)6-11-3-4-13(14)5-11/h8-9,11,13,17H,2-7,10H2,1H3. The van der Waals surface area contributed by atoms with E-state index < -0.39 is 0 Å².